The molecule has 1 fully saturated rings. The van der Waals surface area contributed by atoms with Gasteiger partial charge in [0.2, 0.25) is 0 Å². The lowest BCUT2D eigenvalue weighted by atomic mass is 5.83. The summed E-state index contributed by atoms with van der Waals surface area (Å²) in [5, 5.41) is 10.0. The molecular formula is C7H11O2. The molecule has 0 saturated heterocycles. The Morgan fingerprint density at radius 1 is 1.44 bits per heavy atom. The quantitative estimate of drug-likeness (QED) is 0.540. The van der Waals surface area contributed by atoms with Crippen LogP contribution in [0.5, 0.6) is 0 Å². The van der Waals surface area contributed by atoms with Crippen LogP contribution in [-0.4, -0.2) is 5.97 Å². The highest BCUT2D eigenvalue weighted by atomic mass is 16.1. The lowest BCUT2D eigenvalue weighted by molar-refractivity contribution is -0.144. The minimum absolute atomic E-state index is 0.278. The van der Waals surface area contributed by atoms with Crippen LogP contribution in [0.3, 0.4) is 0 Å². The molecule has 1 saturated carbocycles. The molecule has 51 valence electrons. The van der Waals surface area contributed by atoms with Crippen LogP contribution in [0.1, 0.15) is 32.1 Å². The molecule has 1 radical (unpaired) electrons. The maximum Gasteiger partial charge on any atom is 0.355 e. The van der Waals surface area contributed by atoms with Gasteiger partial charge in [-0.25, -0.2) is 9.90 Å². The van der Waals surface area contributed by atoms with E-state index >= 15 is 0 Å². The van der Waals surface area contributed by atoms with Gasteiger partial charge in [-0.1, -0.05) is 12.8 Å². The van der Waals surface area contributed by atoms with Gasteiger partial charge in [-0.2, -0.15) is 0 Å². The summed E-state index contributed by atoms with van der Waals surface area (Å²) in [5.74, 6) is -0.461. The Morgan fingerprint density at radius 3 is 2.44 bits per heavy atom. The van der Waals surface area contributed by atoms with Crippen molar-refractivity contribution in [3.8, 4) is 0 Å². The first-order chi connectivity index (χ1) is 4.29. The summed E-state index contributed by atoms with van der Waals surface area (Å²) < 4.78 is 0. The van der Waals surface area contributed by atoms with Crippen molar-refractivity contribution in [3.05, 3.63) is 0 Å². The molecule has 1 aliphatic rings. The molecular weight excluding hydrogens is 106 g/mol. The van der Waals surface area contributed by atoms with E-state index in [0.29, 0.717) is 5.92 Å². The van der Waals surface area contributed by atoms with Gasteiger partial charge in [0.05, 0.1) is 6.42 Å². The van der Waals surface area contributed by atoms with E-state index in [-0.39, 0.29) is 6.42 Å². The normalized spacial score (nSPS) is 20.4. The van der Waals surface area contributed by atoms with Gasteiger partial charge in [-0.3, -0.25) is 0 Å². The molecule has 0 bridgehead atoms. The van der Waals surface area contributed by atoms with Crippen LogP contribution in [0, 0.1) is 5.92 Å². The van der Waals surface area contributed by atoms with Crippen molar-refractivity contribution in [1.29, 1.82) is 0 Å². The fourth-order valence-corrected chi connectivity index (χ4v) is 1.45. The average Bonchev–Trinajstić information content (AvgIpc) is 2.15. The topological polar surface area (TPSA) is 37.0 Å². The second kappa shape index (κ2) is 2.85. The van der Waals surface area contributed by atoms with Crippen molar-refractivity contribution in [2.75, 3.05) is 0 Å². The van der Waals surface area contributed by atoms with Crippen LogP contribution in [0.25, 0.3) is 0 Å². The smallest absolute Gasteiger partial charge is 0.247 e. The lowest BCUT2D eigenvalue weighted by Crippen LogP contribution is -2.01. The fraction of sp³-hybridized carbons (Fsp3) is 0.857. The first-order valence-electron chi connectivity index (χ1n) is 3.49. The second-order valence-corrected chi connectivity index (χ2v) is 2.73. The Bertz CT molecular complexity index is 103. The largest absolute Gasteiger partial charge is 0.355 e. The van der Waals surface area contributed by atoms with Crippen LogP contribution < -0.4 is 0 Å². The molecule has 0 aromatic rings. The first kappa shape index (κ1) is 6.59. The van der Waals surface area contributed by atoms with Crippen molar-refractivity contribution < 1.29 is 9.90 Å². The molecule has 0 aromatic heterocycles. The fourth-order valence-electron chi connectivity index (χ4n) is 1.45. The van der Waals surface area contributed by atoms with E-state index in [4.69, 9.17) is 0 Å². The Balaban J connectivity index is 2.19. The second-order valence-electron chi connectivity index (χ2n) is 2.73. The van der Waals surface area contributed by atoms with Crippen LogP contribution in [0.2, 0.25) is 0 Å². The van der Waals surface area contributed by atoms with Crippen LogP contribution in [0.15, 0.2) is 0 Å². The van der Waals surface area contributed by atoms with Crippen molar-refractivity contribution in [2.45, 2.75) is 32.1 Å². The van der Waals surface area contributed by atoms with Crippen LogP contribution in [-0.2, 0) is 9.90 Å². The molecule has 0 aliphatic heterocycles. The molecule has 1 rings (SSSR count). The molecule has 1 aliphatic carbocycles. The monoisotopic (exact) mass is 117 g/mol. The number of hydrogen-bond acceptors (Lipinski definition) is 1. The summed E-state index contributed by atoms with van der Waals surface area (Å²) in [5.41, 5.74) is 0. The van der Waals surface area contributed by atoms with E-state index in [9.17, 15) is 9.90 Å². The van der Waals surface area contributed by atoms with Gasteiger partial charge in [0.25, 0.3) is 0 Å². The highest BCUT2D eigenvalue weighted by Crippen LogP contribution is 2.27. The first-order valence-corrected chi connectivity index (χ1v) is 3.49. The zero-order valence-corrected chi connectivity index (χ0v) is 5.43. The highest BCUT2D eigenvalue weighted by Gasteiger charge is 2.18. The Hall–Kier alpha value is -0.530. The van der Waals surface area contributed by atoms with Gasteiger partial charge in [-0.05, 0) is 18.8 Å². The number of rotatable bonds is 2. The molecule has 0 spiro atoms. The molecule has 0 unspecified atom stereocenters. The summed E-state index contributed by atoms with van der Waals surface area (Å²) in [7, 11) is 0. The molecule has 0 atom stereocenters. The van der Waals surface area contributed by atoms with Crippen molar-refractivity contribution >= 4 is 5.97 Å². The number of hydrogen-bond donors (Lipinski definition) is 0. The predicted molar refractivity (Wildman–Crippen MR) is 32.3 cm³/mol. The molecule has 0 amide bonds. The third kappa shape index (κ3) is 2.04. The lowest BCUT2D eigenvalue weighted by Gasteiger charge is -2.00. The molecule has 0 aromatic carbocycles. The average molecular weight is 117 g/mol. The standard InChI is InChI=1S/C7H11O2/c8-7(9)5-6-3-1-2-4-6/h6H,1-5H2/i8-10. The van der Waals surface area contributed by atoms with Gasteiger partial charge in [0, 0.05) is 0 Å². The van der Waals surface area contributed by atoms with E-state index in [2.05, 4.69) is 0 Å². The zero-order chi connectivity index (χ0) is 6.69. The van der Waals surface area contributed by atoms with E-state index in [1.54, 1.807) is 0 Å². The summed E-state index contributed by atoms with van der Waals surface area (Å²) in [6.45, 7) is 0. The van der Waals surface area contributed by atoms with Gasteiger partial charge >= 0.3 is 5.97 Å². The van der Waals surface area contributed by atoms with Crippen LogP contribution >= 0.6 is 0 Å². The number of carbonyl (C=O) groups excluding carboxylic acids is 1. The van der Waals surface area contributed by atoms with E-state index < -0.39 is 5.97 Å². The van der Waals surface area contributed by atoms with Crippen molar-refractivity contribution in [2.24, 2.45) is 5.92 Å². The maximum atomic E-state index is 10.0. The Labute approximate surface area is 54.9 Å². The third-order valence-corrected chi connectivity index (χ3v) is 1.93. The van der Waals surface area contributed by atoms with E-state index in [0.717, 1.165) is 12.8 Å². The SMILES string of the molecule is O=C([6O])CC1CCCC1. The summed E-state index contributed by atoms with van der Waals surface area (Å²) >= 11 is 0. The van der Waals surface area contributed by atoms with E-state index in [1.807, 2.05) is 0 Å². The molecule has 9 heavy (non-hydrogen) atoms. The summed E-state index contributed by atoms with van der Waals surface area (Å²) in [4.78, 5) is 10.0. The Morgan fingerprint density at radius 2 is 2.00 bits per heavy atom. The zero-order valence-electron chi connectivity index (χ0n) is 5.43. The molecule has 0 N–H and O–H groups in total. The third-order valence-electron chi connectivity index (χ3n) is 1.93. The molecule has 2 nitrogen and oxygen atoms in total. The van der Waals surface area contributed by atoms with E-state index in [1.165, 1.54) is 12.8 Å². The van der Waals surface area contributed by atoms with Gasteiger partial charge in [0.15, 0.2) is 0 Å². The summed E-state index contributed by atoms with van der Waals surface area (Å²) in [6, 6.07) is 0. The summed E-state index contributed by atoms with van der Waals surface area (Å²) in [6.07, 6.45) is 4.87. The minimum atomic E-state index is -0.887. The minimum Gasteiger partial charge on any atom is -0.247 e. The van der Waals surface area contributed by atoms with Gasteiger partial charge in [0.1, 0.15) is 0 Å². The Kier molecular flexibility index (Phi) is 2.09. The van der Waals surface area contributed by atoms with Crippen molar-refractivity contribution in [3.63, 3.8) is 0 Å². The van der Waals surface area contributed by atoms with Gasteiger partial charge in [-0.15, -0.1) is 0 Å². The highest BCUT2D eigenvalue weighted by molar-refractivity contribution is 5.66. The molecule has 0 heterocycles. The maximum absolute atomic E-state index is 10.0. The van der Waals surface area contributed by atoms with Crippen molar-refractivity contribution in [1.82, 2.24) is 0 Å². The van der Waals surface area contributed by atoms with Crippen LogP contribution in [0.4, 0.5) is 0 Å². The predicted octanol–water partition coefficient (Wildman–Crippen LogP) is 1.52. The van der Waals surface area contributed by atoms with Gasteiger partial charge < -0.3 is 0 Å². The molecule has 2 heteroatoms. The number of carbonyl (C=O) groups is 1.